The van der Waals surface area contributed by atoms with Gasteiger partial charge in [-0.2, -0.15) is 0 Å². The van der Waals surface area contributed by atoms with E-state index in [0.29, 0.717) is 22.3 Å². The summed E-state index contributed by atoms with van der Waals surface area (Å²) in [7, 11) is 0. The van der Waals surface area contributed by atoms with Crippen molar-refractivity contribution in [3.8, 4) is 22.6 Å². The van der Waals surface area contributed by atoms with Crippen LogP contribution in [0, 0.1) is 6.92 Å². The highest BCUT2D eigenvalue weighted by Gasteiger charge is 2.33. The van der Waals surface area contributed by atoms with E-state index in [9.17, 15) is 14.7 Å². The number of rotatable bonds is 2. The molecule has 148 valence electrons. The first-order valence-corrected chi connectivity index (χ1v) is 9.67. The van der Waals surface area contributed by atoms with E-state index in [1.807, 2.05) is 55.5 Å². The smallest absolute Gasteiger partial charge is 0.336 e. The quantitative estimate of drug-likeness (QED) is 0.295. The minimum absolute atomic E-state index is 0.167. The Kier molecular flexibility index (Phi) is 4.17. The molecule has 1 N–H and O–H groups in total. The molecule has 4 aromatic rings. The van der Waals surface area contributed by atoms with Crippen LogP contribution in [0.4, 0.5) is 0 Å². The van der Waals surface area contributed by atoms with Gasteiger partial charge in [0, 0.05) is 23.1 Å². The molecule has 0 unspecified atom stereocenters. The van der Waals surface area contributed by atoms with Gasteiger partial charge < -0.3 is 14.3 Å². The molecule has 0 bridgehead atoms. The third kappa shape index (κ3) is 2.95. The number of fused-ring (bicyclic) bond motifs is 3. The van der Waals surface area contributed by atoms with Gasteiger partial charge in [0.25, 0.3) is 0 Å². The van der Waals surface area contributed by atoms with Crippen molar-refractivity contribution in [3.05, 3.63) is 93.8 Å². The van der Waals surface area contributed by atoms with Crippen molar-refractivity contribution < 1.29 is 19.1 Å². The predicted molar refractivity (Wildman–Crippen MR) is 113 cm³/mol. The Morgan fingerprint density at radius 2 is 1.70 bits per heavy atom. The Labute approximate surface area is 172 Å². The van der Waals surface area contributed by atoms with Crippen molar-refractivity contribution in [1.82, 2.24) is 0 Å². The minimum atomic E-state index is -0.460. The standard InChI is InChI=1S/C25H18O5/c1-14-11-20-24(19(13-21(27)29-20)15-5-3-2-4-6-15)25-23(14)18(12-22(28)30-25)16-7-9-17(26)10-8-16/h2-11,13,18,26H,12H2,1H3/t18-/m1/s1. The molecule has 30 heavy (non-hydrogen) atoms. The molecule has 0 amide bonds. The zero-order chi connectivity index (χ0) is 20.8. The van der Waals surface area contributed by atoms with Gasteiger partial charge in [0.2, 0.25) is 0 Å². The number of phenolic OH excluding ortho intramolecular Hbond substituents is 1. The van der Waals surface area contributed by atoms with E-state index in [1.54, 1.807) is 12.1 Å². The maximum Gasteiger partial charge on any atom is 0.336 e. The highest BCUT2D eigenvalue weighted by Crippen LogP contribution is 2.47. The summed E-state index contributed by atoms with van der Waals surface area (Å²) in [4.78, 5) is 24.8. The lowest BCUT2D eigenvalue weighted by molar-refractivity contribution is -0.135. The van der Waals surface area contributed by atoms with Crippen LogP contribution in [-0.4, -0.2) is 11.1 Å². The fraction of sp³-hybridized carbons (Fsp3) is 0.120. The molecule has 1 aliphatic heterocycles. The van der Waals surface area contributed by atoms with E-state index < -0.39 is 5.63 Å². The monoisotopic (exact) mass is 398 g/mol. The third-order valence-corrected chi connectivity index (χ3v) is 5.55. The number of esters is 1. The fourth-order valence-electron chi connectivity index (χ4n) is 4.24. The summed E-state index contributed by atoms with van der Waals surface area (Å²) in [5.41, 5.74) is 4.10. The molecular formula is C25H18O5. The molecule has 5 nitrogen and oxygen atoms in total. The molecule has 1 atom stereocenters. The summed E-state index contributed by atoms with van der Waals surface area (Å²) < 4.78 is 11.2. The SMILES string of the molecule is Cc1cc2oc(=O)cc(-c3ccccc3)c2c2c1[C@@H](c1ccc(O)cc1)CC(=O)O2. The average Bonchev–Trinajstić information content (AvgIpc) is 2.73. The Morgan fingerprint density at radius 3 is 2.43 bits per heavy atom. The van der Waals surface area contributed by atoms with Crippen molar-refractivity contribution in [3.63, 3.8) is 0 Å². The lowest BCUT2D eigenvalue weighted by Crippen LogP contribution is -2.22. The molecular weight excluding hydrogens is 380 g/mol. The first kappa shape index (κ1) is 18.2. The lowest BCUT2D eigenvalue weighted by atomic mass is 9.82. The molecule has 0 saturated heterocycles. The largest absolute Gasteiger partial charge is 0.508 e. The molecule has 5 rings (SSSR count). The number of ether oxygens (including phenoxy) is 1. The Bertz CT molecular complexity index is 1330. The fourth-order valence-corrected chi connectivity index (χ4v) is 4.24. The second-order valence-electron chi connectivity index (χ2n) is 7.48. The second-order valence-corrected chi connectivity index (χ2v) is 7.48. The first-order chi connectivity index (χ1) is 14.5. The van der Waals surface area contributed by atoms with E-state index in [4.69, 9.17) is 9.15 Å². The van der Waals surface area contributed by atoms with Crippen molar-refractivity contribution >= 4 is 16.9 Å². The number of aromatic hydroxyl groups is 1. The minimum Gasteiger partial charge on any atom is -0.508 e. The van der Waals surface area contributed by atoms with Gasteiger partial charge in [0.1, 0.15) is 17.1 Å². The van der Waals surface area contributed by atoms with Crippen LogP contribution < -0.4 is 10.4 Å². The van der Waals surface area contributed by atoms with Crippen LogP contribution >= 0.6 is 0 Å². The van der Waals surface area contributed by atoms with E-state index in [2.05, 4.69) is 0 Å². The maximum atomic E-state index is 12.6. The van der Waals surface area contributed by atoms with Crippen LogP contribution in [0.5, 0.6) is 11.5 Å². The van der Waals surface area contributed by atoms with Gasteiger partial charge in [-0.3, -0.25) is 4.79 Å². The molecule has 3 aromatic carbocycles. The summed E-state index contributed by atoms with van der Waals surface area (Å²) in [6.07, 6.45) is 0.196. The van der Waals surface area contributed by atoms with Gasteiger partial charge in [-0.05, 0) is 41.8 Å². The molecule has 1 aliphatic rings. The predicted octanol–water partition coefficient (Wildman–Crippen LogP) is 4.92. The Morgan fingerprint density at radius 1 is 0.967 bits per heavy atom. The molecule has 0 aliphatic carbocycles. The summed E-state index contributed by atoms with van der Waals surface area (Å²) in [5.74, 6) is 0.0298. The van der Waals surface area contributed by atoms with Crippen molar-refractivity contribution in [2.45, 2.75) is 19.3 Å². The van der Waals surface area contributed by atoms with Crippen molar-refractivity contribution in [2.75, 3.05) is 0 Å². The molecule has 0 saturated carbocycles. The van der Waals surface area contributed by atoms with Crippen LogP contribution in [0.3, 0.4) is 0 Å². The van der Waals surface area contributed by atoms with Crippen molar-refractivity contribution in [2.24, 2.45) is 0 Å². The van der Waals surface area contributed by atoms with Gasteiger partial charge in [0.15, 0.2) is 0 Å². The second kappa shape index (κ2) is 6.88. The van der Waals surface area contributed by atoms with Gasteiger partial charge in [-0.15, -0.1) is 0 Å². The van der Waals surface area contributed by atoms with E-state index in [-0.39, 0.29) is 24.1 Å². The summed E-state index contributed by atoms with van der Waals surface area (Å²) in [5, 5.41) is 10.3. The first-order valence-electron chi connectivity index (χ1n) is 9.67. The van der Waals surface area contributed by atoms with E-state index in [1.165, 1.54) is 6.07 Å². The van der Waals surface area contributed by atoms with E-state index >= 15 is 0 Å². The number of aryl methyl sites for hydroxylation is 1. The van der Waals surface area contributed by atoms with Crippen LogP contribution in [0.15, 0.2) is 75.9 Å². The molecule has 0 spiro atoms. The van der Waals surface area contributed by atoms with Crippen molar-refractivity contribution in [1.29, 1.82) is 0 Å². The Balaban J connectivity index is 1.85. The van der Waals surface area contributed by atoms with Crippen LogP contribution in [-0.2, 0) is 4.79 Å². The molecule has 0 fully saturated rings. The topological polar surface area (TPSA) is 76.7 Å². The summed E-state index contributed by atoms with van der Waals surface area (Å²) >= 11 is 0. The number of carbonyl (C=O) groups excluding carboxylic acids is 1. The normalized spacial score (nSPS) is 15.6. The molecule has 1 aromatic heterocycles. The Hall–Kier alpha value is -3.86. The van der Waals surface area contributed by atoms with Gasteiger partial charge in [-0.1, -0.05) is 42.5 Å². The molecule has 0 radical (unpaired) electrons. The maximum absolute atomic E-state index is 12.6. The highest BCUT2D eigenvalue weighted by molar-refractivity contribution is 6.01. The van der Waals surface area contributed by atoms with Crippen LogP contribution in [0.1, 0.15) is 29.0 Å². The van der Waals surface area contributed by atoms with E-state index in [0.717, 1.165) is 22.3 Å². The number of carbonyl (C=O) groups is 1. The number of hydrogen-bond donors (Lipinski definition) is 1. The van der Waals surface area contributed by atoms with Crippen LogP contribution in [0.2, 0.25) is 0 Å². The number of hydrogen-bond acceptors (Lipinski definition) is 5. The third-order valence-electron chi connectivity index (χ3n) is 5.55. The summed E-state index contributed by atoms with van der Waals surface area (Å²) in [6.45, 7) is 1.92. The lowest BCUT2D eigenvalue weighted by Gasteiger charge is -2.28. The zero-order valence-electron chi connectivity index (χ0n) is 16.2. The highest BCUT2D eigenvalue weighted by atomic mass is 16.5. The molecule has 2 heterocycles. The summed E-state index contributed by atoms with van der Waals surface area (Å²) in [6, 6.07) is 19.6. The van der Waals surface area contributed by atoms with Gasteiger partial charge in [0.05, 0.1) is 11.8 Å². The molecule has 5 heteroatoms. The number of phenols is 1. The average molecular weight is 398 g/mol. The zero-order valence-corrected chi connectivity index (χ0v) is 16.2. The number of benzene rings is 3. The van der Waals surface area contributed by atoms with Crippen LogP contribution in [0.25, 0.3) is 22.1 Å². The van der Waals surface area contributed by atoms with Gasteiger partial charge in [-0.25, -0.2) is 4.79 Å². The van der Waals surface area contributed by atoms with Gasteiger partial charge >= 0.3 is 11.6 Å².